The molecule has 0 spiro atoms. The normalized spacial score (nSPS) is 11.6. The zero-order valence-corrected chi connectivity index (χ0v) is 8.65. The summed E-state index contributed by atoms with van der Waals surface area (Å²) >= 11 is 1.57. The van der Waals surface area contributed by atoms with Crippen LogP contribution >= 0.6 is 11.3 Å². The van der Waals surface area contributed by atoms with Gasteiger partial charge in [0.1, 0.15) is 0 Å². The Morgan fingerprint density at radius 2 is 2.31 bits per heavy atom. The highest BCUT2D eigenvalue weighted by molar-refractivity contribution is 7.10. The fraction of sp³-hybridized carbons (Fsp3) is 0.400. The number of carboxylic acids is 1. The zero-order valence-electron chi connectivity index (χ0n) is 7.83. The lowest BCUT2D eigenvalue weighted by Crippen LogP contribution is -2.27. The van der Waals surface area contributed by atoms with Crippen LogP contribution in [0.5, 0.6) is 0 Å². The molecule has 3 heteroatoms. The Morgan fingerprint density at radius 3 is 2.69 bits per heavy atom. The van der Waals surface area contributed by atoms with Crippen LogP contribution in [0.25, 0.3) is 0 Å². The minimum absolute atomic E-state index is 0.723. The minimum Gasteiger partial charge on any atom is -0.481 e. The SMILES string of the molecule is [CH2]Cc1cc(C(C)(C)C(=O)O)cs1. The lowest BCUT2D eigenvalue weighted by atomic mass is 9.87. The molecule has 1 radical (unpaired) electrons. The molecule has 0 aliphatic carbocycles. The first-order valence-corrected chi connectivity index (χ1v) is 4.97. The van der Waals surface area contributed by atoms with Crippen LogP contribution in [0.4, 0.5) is 0 Å². The lowest BCUT2D eigenvalue weighted by molar-refractivity contribution is -0.142. The van der Waals surface area contributed by atoms with E-state index in [0.29, 0.717) is 0 Å². The standard InChI is InChI=1S/C10H13O2S/c1-4-8-5-7(6-13-8)10(2,3)9(11)12/h5-6H,1,4H2,2-3H3,(H,11,12). The fourth-order valence-corrected chi connectivity index (χ4v) is 1.92. The Labute approximate surface area is 82.2 Å². The summed E-state index contributed by atoms with van der Waals surface area (Å²) in [6.07, 6.45) is 0.723. The summed E-state index contributed by atoms with van der Waals surface area (Å²) in [5, 5.41) is 10.9. The molecule has 0 aromatic carbocycles. The highest BCUT2D eigenvalue weighted by Gasteiger charge is 2.30. The Balaban J connectivity index is 3.00. The summed E-state index contributed by atoms with van der Waals surface area (Å²) in [5.74, 6) is -0.791. The van der Waals surface area contributed by atoms with Crippen LogP contribution in [0.1, 0.15) is 24.3 Å². The molecule has 1 aromatic rings. The third-order valence-corrected chi connectivity index (χ3v) is 3.15. The van der Waals surface area contributed by atoms with E-state index < -0.39 is 11.4 Å². The molecule has 0 saturated carbocycles. The molecule has 1 N–H and O–H groups in total. The van der Waals surface area contributed by atoms with E-state index in [1.165, 1.54) is 0 Å². The first-order chi connectivity index (χ1) is 5.98. The van der Waals surface area contributed by atoms with Crippen LogP contribution in [-0.4, -0.2) is 11.1 Å². The molecule has 0 bridgehead atoms. The minimum atomic E-state index is -0.791. The van der Waals surface area contributed by atoms with E-state index in [1.807, 2.05) is 11.4 Å². The van der Waals surface area contributed by atoms with Crippen molar-refractivity contribution in [2.75, 3.05) is 0 Å². The third-order valence-electron chi connectivity index (χ3n) is 2.16. The first-order valence-electron chi connectivity index (χ1n) is 4.09. The first kappa shape index (κ1) is 10.3. The van der Waals surface area contributed by atoms with E-state index in [2.05, 4.69) is 6.92 Å². The van der Waals surface area contributed by atoms with Gasteiger partial charge in [-0.15, -0.1) is 11.3 Å². The molecular formula is C10H13O2S. The largest absolute Gasteiger partial charge is 0.481 e. The highest BCUT2D eigenvalue weighted by atomic mass is 32.1. The predicted octanol–water partition coefficient (Wildman–Crippen LogP) is 2.49. The number of carbonyl (C=O) groups is 1. The van der Waals surface area contributed by atoms with Crippen molar-refractivity contribution in [3.05, 3.63) is 28.8 Å². The second-order valence-corrected chi connectivity index (χ2v) is 4.48. The van der Waals surface area contributed by atoms with E-state index in [1.54, 1.807) is 25.2 Å². The molecule has 0 amide bonds. The van der Waals surface area contributed by atoms with Crippen molar-refractivity contribution in [3.8, 4) is 0 Å². The van der Waals surface area contributed by atoms with Crippen molar-refractivity contribution in [3.63, 3.8) is 0 Å². The molecule has 0 aliphatic heterocycles. The van der Waals surface area contributed by atoms with Gasteiger partial charge in [0.2, 0.25) is 0 Å². The van der Waals surface area contributed by atoms with Crippen LogP contribution in [0.15, 0.2) is 11.4 Å². The van der Waals surface area contributed by atoms with Gasteiger partial charge in [0.15, 0.2) is 0 Å². The summed E-state index contributed by atoms with van der Waals surface area (Å²) in [6, 6.07) is 1.92. The third kappa shape index (κ3) is 1.91. The molecule has 0 atom stereocenters. The lowest BCUT2D eigenvalue weighted by Gasteiger charge is -2.17. The molecule has 13 heavy (non-hydrogen) atoms. The van der Waals surface area contributed by atoms with Gasteiger partial charge in [0, 0.05) is 4.88 Å². The van der Waals surface area contributed by atoms with Crippen LogP contribution in [0.2, 0.25) is 0 Å². The number of hydrogen-bond donors (Lipinski definition) is 1. The monoisotopic (exact) mass is 197 g/mol. The second kappa shape index (κ2) is 3.50. The van der Waals surface area contributed by atoms with E-state index >= 15 is 0 Å². The van der Waals surface area contributed by atoms with Crippen molar-refractivity contribution < 1.29 is 9.90 Å². The molecule has 71 valence electrons. The molecule has 1 aromatic heterocycles. The summed E-state index contributed by atoms with van der Waals surface area (Å²) < 4.78 is 0. The van der Waals surface area contributed by atoms with Crippen LogP contribution in [0, 0.1) is 6.92 Å². The molecule has 0 unspecified atom stereocenters. The molecule has 2 nitrogen and oxygen atoms in total. The Kier molecular flexibility index (Phi) is 2.76. The van der Waals surface area contributed by atoms with Crippen molar-refractivity contribution in [2.24, 2.45) is 0 Å². The van der Waals surface area contributed by atoms with Gasteiger partial charge >= 0.3 is 5.97 Å². The summed E-state index contributed by atoms with van der Waals surface area (Å²) in [5.41, 5.74) is 0.0767. The van der Waals surface area contributed by atoms with Gasteiger partial charge < -0.3 is 5.11 Å². The molecular weight excluding hydrogens is 184 g/mol. The fourth-order valence-electron chi connectivity index (χ4n) is 0.963. The van der Waals surface area contributed by atoms with Crippen LogP contribution < -0.4 is 0 Å². The van der Waals surface area contributed by atoms with Crippen molar-refractivity contribution in [1.29, 1.82) is 0 Å². The Hall–Kier alpha value is -0.830. The number of aliphatic carboxylic acids is 1. The number of carboxylic acid groups (broad SMARTS) is 1. The number of thiophene rings is 1. The molecule has 1 heterocycles. The van der Waals surface area contributed by atoms with Gasteiger partial charge in [-0.2, -0.15) is 0 Å². The second-order valence-electron chi connectivity index (χ2n) is 3.48. The summed E-state index contributed by atoms with van der Waals surface area (Å²) in [6.45, 7) is 7.18. The predicted molar refractivity (Wildman–Crippen MR) is 54.0 cm³/mol. The molecule has 0 saturated heterocycles. The van der Waals surface area contributed by atoms with Crippen molar-refractivity contribution in [2.45, 2.75) is 25.7 Å². The van der Waals surface area contributed by atoms with Gasteiger partial charge in [-0.3, -0.25) is 4.79 Å². The van der Waals surface area contributed by atoms with E-state index in [4.69, 9.17) is 5.11 Å². The van der Waals surface area contributed by atoms with Crippen molar-refractivity contribution >= 4 is 17.3 Å². The highest BCUT2D eigenvalue weighted by Crippen LogP contribution is 2.28. The van der Waals surface area contributed by atoms with Crippen LogP contribution in [0.3, 0.4) is 0 Å². The average Bonchev–Trinajstić information content (AvgIpc) is 2.51. The molecule has 0 fully saturated rings. The van der Waals surface area contributed by atoms with Gasteiger partial charge in [0.05, 0.1) is 5.41 Å². The Bertz CT molecular complexity index is 312. The quantitative estimate of drug-likeness (QED) is 0.808. The maximum absolute atomic E-state index is 10.9. The van der Waals surface area contributed by atoms with Gasteiger partial charge in [-0.25, -0.2) is 0 Å². The van der Waals surface area contributed by atoms with Crippen LogP contribution in [-0.2, 0) is 16.6 Å². The van der Waals surface area contributed by atoms with Gasteiger partial charge in [0.25, 0.3) is 0 Å². The summed E-state index contributed by atoms with van der Waals surface area (Å²) in [4.78, 5) is 12.0. The van der Waals surface area contributed by atoms with Gasteiger partial charge in [-0.05, 0) is 44.2 Å². The zero-order chi connectivity index (χ0) is 10.1. The smallest absolute Gasteiger partial charge is 0.313 e. The molecule has 0 aliphatic rings. The van der Waals surface area contributed by atoms with E-state index in [-0.39, 0.29) is 0 Å². The number of hydrogen-bond acceptors (Lipinski definition) is 2. The molecule has 1 rings (SSSR count). The van der Waals surface area contributed by atoms with Crippen molar-refractivity contribution in [1.82, 2.24) is 0 Å². The van der Waals surface area contributed by atoms with E-state index in [0.717, 1.165) is 16.9 Å². The maximum atomic E-state index is 10.9. The van der Waals surface area contributed by atoms with E-state index in [9.17, 15) is 4.79 Å². The Morgan fingerprint density at radius 1 is 1.69 bits per heavy atom. The summed E-state index contributed by atoms with van der Waals surface area (Å²) in [7, 11) is 0. The maximum Gasteiger partial charge on any atom is 0.313 e. The average molecular weight is 197 g/mol. The van der Waals surface area contributed by atoms with Gasteiger partial charge in [-0.1, -0.05) is 0 Å². The number of rotatable bonds is 3. The topological polar surface area (TPSA) is 37.3 Å².